The molecule has 1 saturated carbocycles. The van der Waals surface area contributed by atoms with Gasteiger partial charge >= 0.3 is 0 Å². The zero-order valence-corrected chi connectivity index (χ0v) is 17.9. The summed E-state index contributed by atoms with van der Waals surface area (Å²) in [6.45, 7) is 0.825. The van der Waals surface area contributed by atoms with Crippen LogP contribution in [0.3, 0.4) is 0 Å². The Morgan fingerprint density at radius 3 is 2.84 bits per heavy atom. The van der Waals surface area contributed by atoms with Gasteiger partial charge < -0.3 is 19.3 Å². The van der Waals surface area contributed by atoms with Crippen LogP contribution in [-0.4, -0.2) is 52.6 Å². The number of methoxy groups -OCH3 is 1. The second kappa shape index (κ2) is 7.76. The van der Waals surface area contributed by atoms with E-state index < -0.39 is 34.2 Å². The normalized spacial score (nSPS) is 22.0. The topological polar surface area (TPSA) is 88.8 Å². The van der Waals surface area contributed by atoms with E-state index in [9.17, 15) is 23.9 Å². The second-order valence-corrected chi connectivity index (χ2v) is 8.56. The molecule has 2 atom stereocenters. The van der Waals surface area contributed by atoms with Crippen LogP contribution >= 0.6 is 11.6 Å². The number of benzene rings is 1. The molecule has 2 heterocycles. The lowest BCUT2D eigenvalue weighted by molar-refractivity contribution is 0.0553. The highest BCUT2D eigenvalue weighted by Gasteiger charge is 2.61. The molecule has 1 N–H and O–H groups in total. The Balaban J connectivity index is 1.64. The van der Waals surface area contributed by atoms with Crippen molar-refractivity contribution < 1.29 is 23.8 Å². The third kappa shape index (κ3) is 3.43. The van der Waals surface area contributed by atoms with Crippen molar-refractivity contribution in [2.75, 3.05) is 20.8 Å². The van der Waals surface area contributed by atoms with Crippen LogP contribution in [0.2, 0.25) is 5.02 Å². The molecule has 0 saturated heterocycles. The predicted molar refractivity (Wildman–Crippen MR) is 111 cm³/mol. The molecular formula is C22H22ClFN2O5. The molecule has 2 aliphatic rings. The highest BCUT2D eigenvalue weighted by atomic mass is 35.5. The number of pyridine rings is 1. The second-order valence-electron chi connectivity index (χ2n) is 8.16. The van der Waals surface area contributed by atoms with Crippen molar-refractivity contribution >= 4 is 23.3 Å². The maximum absolute atomic E-state index is 14.1. The number of hydrogen-bond acceptors (Lipinski definition) is 5. The monoisotopic (exact) mass is 448 g/mol. The molecule has 31 heavy (non-hydrogen) atoms. The van der Waals surface area contributed by atoms with Crippen LogP contribution in [0.25, 0.3) is 0 Å². The predicted octanol–water partition coefficient (Wildman–Crippen LogP) is 2.65. The van der Waals surface area contributed by atoms with Crippen molar-refractivity contribution in [3.8, 4) is 5.75 Å². The number of hydrogen-bond donors (Lipinski definition) is 1. The van der Waals surface area contributed by atoms with Crippen molar-refractivity contribution in [3.05, 3.63) is 62.3 Å². The van der Waals surface area contributed by atoms with Crippen molar-refractivity contribution in [1.29, 1.82) is 0 Å². The summed E-state index contributed by atoms with van der Waals surface area (Å²) >= 11 is 5.77. The number of aryl methyl sites for hydroxylation is 1. The maximum atomic E-state index is 14.1. The first kappa shape index (κ1) is 21.5. The highest BCUT2D eigenvalue weighted by molar-refractivity contribution is 6.30. The SMILES string of the molecule is COCC1CC12Cn1cc(C(=O)CCc3cccc(Cl)c3F)c(=O)c(O)c1C(=O)N2C. The summed E-state index contributed by atoms with van der Waals surface area (Å²) in [5.74, 6) is -2.23. The molecule has 164 valence electrons. The first-order valence-electron chi connectivity index (χ1n) is 9.91. The van der Waals surface area contributed by atoms with Crippen molar-refractivity contribution in [2.45, 2.75) is 31.3 Å². The molecular weight excluding hydrogens is 427 g/mol. The molecule has 7 nitrogen and oxygen atoms in total. The Morgan fingerprint density at radius 1 is 1.39 bits per heavy atom. The molecule has 1 amide bonds. The molecule has 1 aliphatic carbocycles. The first-order chi connectivity index (χ1) is 14.7. The van der Waals surface area contributed by atoms with Gasteiger partial charge in [-0.05, 0) is 24.5 Å². The number of ether oxygens (including phenoxy) is 1. The molecule has 1 spiro atoms. The van der Waals surface area contributed by atoms with Gasteiger partial charge in [-0.3, -0.25) is 14.4 Å². The van der Waals surface area contributed by atoms with Crippen LogP contribution in [0.4, 0.5) is 4.39 Å². The maximum Gasteiger partial charge on any atom is 0.274 e. The number of rotatable bonds is 6. The third-order valence-electron chi connectivity index (χ3n) is 6.40. The van der Waals surface area contributed by atoms with Gasteiger partial charge in [0, 0.05) is 39.2 Å². The molecule has 1 fully saturated rings. The standard InChI is InChI=1S/C22H22ClFN2O5/c1-25-21(30)18-20(29)19(28)14(9-26(18)11-22(25)8-13(22)10-31-2)16(27)7-6-12-4-3-5-15(23)17(12)24/h3-5,9,13,29H,6-8,10-11H2,1-2H3. The molecule has 9 heteroatoms. The quantitative estimate of drug-likeness (QED) is 0.686. The van der Waals surface area contributed by atoms with Crippen LogP contribution in [0.15, 0.2) is 29.2 Å². The fraction of sp³-hybridized carbons (Fsp3) is 0.409. The fourth-order valence-corrected chi connectivity index (χ4v) is 4.67. The van der Waals surface area contributed by atoms with E-state index >= 15 is 0 Å². The van der Waals surface area contributed by atoms with E-state index in [1.807, 2.05) is 0 Å². The van der Waals surface area contributed by atoms with Gasteiger partial charge in [0.15, 0.2) is 17.2 Å². The minimum absolute atomic E-state index is 0.0422. The number of nitrogens with zero attached hydrogens (tertiary/aromatic N) is 2. The largest absolute Gasteiger partial charge is 0.503 e. The van der Waals surface area contributed by atoms with Gasteiger partial charge in [-0.1, -0.05) is 23.7 Å². The van der Waals surface area contributed by atoms with Crippen molar-refractivity contribution in [1.82, 2.24) is 9.47 Å². The van der Waals surface area contributed by atoms with Gasteiger partial charge in [-0.15, -0.1) is 0 Å². The third-order valence-corrected chi connectivity index (χ3v) is 6.69. The van der Waals surface area contributed by atoms with E-state index in [2.05, 4.69) is 0 Å². The smallest absolute Gasteiger partial charge is 0.274 e. The summed E-state index contributed by atoms with van der Waals surface area (Å²) in [5.41, 5.74) is -1.45. The van der Waals surface area contributed by atoms with Crippen LogP contribution < -0.4 is 5.43 Å². The molecule has 0 radical (unpaired) electrons. The first-order valence-corrected chi connectivity index (χ1v) is 10.3. The Kier molecular flexibility index (Phi) is 5.39. The number of aromatic nitrogens is 1. The lowest BCUT2D eigenvalue weighted by atomic mass is 10.0. The number of ketones is 1. The molecule has 2 aromatic rings. The van der Waals surface area contributed by atoms with E-state index in [-0.39, 0.29) is 40.6 Å². The Bertz CT molecular complexity index is 1150. The highest BCUT2D eigenvalue weighted by Crippen LogP contribution is 2.52. The zero-order chi connectivity index (χ0) is 22.5. The van der Waals surface area contributed by atoms with Crippen LogP contribution in [0.5, 0.6) is 5.75 Å². The van der Waals surface area contributed by atoms with Crippen LogP contribution in [-0.2, 0) is 17.7 Å². The molecule has 1 aromatic carbocycles. The summed E-state index contributed by atoms with van der Waals surface area (Å²) in [7, 11) is 3.23. The molecule has 0 bridgehead atoms. The lowest BCUT2D eigenvalue weighted by Gasteiger charge is -2.37. The van der Waals surface area contributed by atoms with Crippen molar-refractivity contribution in [2.24, 2.45) is 5.92 Å². The number of carbonyl (C=O) groups is 2. The van der Waals surface area contributed by atoms with Gasteiger partial charge in [0.2, 0.25) is 5.43 Å². The minimum atomic E-state index is -0.898. The van der Waals surface area contributed by atoms with Crippen LogP contribution in [0, 0.1) is 11.7 Å². The summed E-state index contributed by atoms with van der Waals surface area (Å²) in [4.78, 5) is 39.8. The number of halogens is 2. The molecule has 4 rings (SSSR count). The zero-order valence-electron chi connectivity index (χ0n) is 17.2. The number of carbonyl (C=O) groups excluding carboxylic acids is 2. The van der Waals surface area contributed by atoms with Gasteiger partial charge in [-0.25, -0.2) is 4.39 Å². The van der Waals surface area contributed by atoms with E-state index in [4.69, 9.17) is 16.3 Å². The fourth-order valence-electron chi connectivity index (χ4n) is 4.47. The number of likely N-dealkylation sites (N-methyl/N-ethyl adjacent to an activating group) is 1. The summed E-state index contributed by atoms with van der Waals surface area (Å²) < 4.78 is 20.8. The van der Waals surface area contributed by atoms with Gasteiger partial charge in [0.1, 0.15) is 5.82 Å². The van der Waals surface area contributed by atoms with Gasteiger partial charge in [0.25, 0.3) is 5.91 Å². The number of amides is 1. The van der Waals surface area contributed by atoms with E-state index in [0.29, 0.717) is 13.2 Å². The van der Waals surface area contributed by atoms with Crippen molar-refractivity contribution in [3.63, 3.8) is 0 Å². The average molecular weight is 449 g/mol. The summed E-state index contributed by atoms with van der Waals surface area (Å²) in [5, 5.41) is 10.4. The average Bonchev–Trinajstić information content (AvgIpc) is 3.42. The lowest BCUT2D eigenvalue weighted by Crippen LogP contribution is -2.50. The van der Waals surface area contributed by atoms with E-state index in [1.54, 1.807) is 25.1 Å². The van der Waals surface area contributed by atoms with E-state index in [1.165, 1.54) is 22.9 Å². The Morgan fingerprint density at radius 2 is 2.13 bits per heavy atom. The summed E-state index contributed by atoms with van der Waals surface area (Å²) in [6.07, 6.45) is 1.97. The Labute approximate surface area is 183 Å². The summed E-state index contributed by atoms with van der Waals surface area (Å²) in [6, 6.07) is 4.51. The minimum Gasteiger partial charge on any atom is -0.503 e. The number of aromatic hydroxyl groups is 1. The van der Waals surface area contributed by atoms with E-state index in [0.717, 1.165) is 6.42 Å². The molecule has 1 aliphatic heterocycles. The number of fused-ring (bicyclic) bond motifs is 1. The van der Waals surface area contributed by atoms with Gasteiger partial charge in [0.05, 0.1) is 22.7 Å². The Hall–Kier alpha value is -2.71. The number of Topliss-reactive ketones (excluding diaryl/α,β-unsaturated/α-hetero) is 1. The molecule has 1 aromatic heterocycles. The van der Waals surface area contributed by atoms with Crippen LogP contribution in [0.1, 0.15) is 39.3 Å². The molecule has 2 unspecified atom stereocenters. The van der Waals surface area contributed by atoms with Gasteiger partial charge in [-0.2, -0.15) is 0 Å².